The van der Waals surface area contributed by atoms with Gasteiger partial charge in [0.15, 0.2) is 0 Å². The number of carboxylic acid groups (broad SMARTS) is 1. The van der Waals surface area contributed by atoms with Crippen molar-refractivity contribution >= 4 is 23.4 Å². The van der Waals surface area contributed by atoms with E-state index in [0.29, 0.717) is 16.2 Å². The fourth-order valence-corrected chi connectivity index (χ4v) is 3.08. The zero-order chi connectivity index (χ0) is 15.6. The Labute approximate surface area is 125 Å². The van der Waals surface area contributed by atoms with Crippen molar-refractivity contribution in [2.45, 2.75) is 23.8 Å². The van der Waals surface area contributed by atoms with Crippen LogP contribution >= 0.6 is 11.8 Å². The second-order valence-corrected chi connectivity index (χ2v) is 5.42. The lowest BCUT2D eigenvalue weighted by molar-refractivity contribution is -0.387. The molecule has 21 heavy (non-hydrogen) atoms. The molecule has 2 aromatic rings. The molecule has 1 heterocycles. The molecule has 2 rings (SSSR count). The monoisotopic (exact) mass is 304 g/mol. The number of hydrogen-bond acceptors (Lipinski definition) is 5. The summed E-state index contributed by atoms with van der Waals surface area (Å²) in [5, 5.41) is 20.6. The molecule has 1 aromatic carbocycles. The van der Waals surface area contributed by atoms with E-state index in [0.717, 1.165) is 11.8 Å². The van der Waals surface area contributed by atoms with Crippen molar-refractivity contribution in [2.24, 2.45) is 0 Å². The minimum atomic E-state index is -1.10. The number of nitro benzene ring substituents is 1. The third-order valence-electron chi connectivity index (χ3n) is 2.79. The number of para-hydroxylation sites is 1. The van der Waals surface area contributed by atoms with Gasteiger partial charge >= 0.3 is 5.97 Å². The summed E-state index contributed by atoms with van der Waals surface area (Å²) in [7, 11) is 0. The minimum absolute atomic E-state index is 0.0696. The lowest BCUT2D eigenvalue weighted by Gasteiger charge is -2.09. The molecule has 0 fully saturated rings. The van der Waals surface area contributed by atoms with Gasteiger partial charge in [-0.1, -0.05) is 23.9 Å². The average Bonchev–Trinajstić information content (AvgIpc) is 2.37. The predicted octanol–water partition coefficient (Wildman–Crippen LogP) is 3.46. The van der Waals surface area contributed by atoms with E-state index in [1.54, 1.807) is 38.1 Å². The SMILES string of the molecule is Cc1cc(C)c(C(=O)O)c(Sc2ccccc2[N+](=O)[O-])n1. The number of hydrogen-bond donors (Lipinski definition) is 1. The van der Waals surface area contributed by atoms with Crippen molar-refractivity contribution in [1.82, 2.24) is 4.98 Å². The molecular formula is C14H12N2O4S. The smallest absolute Gasteiger partial charge is 0.338 e. The zero-order valence-electron chi connectivity index (χ0n) is 11.4. The largest absolute Gasteiger partial charge is 0.478 e. The summed E-state index contributed by atoms with van der Waals surface area (Å²) in [5.74, 6) is -1.10. The van der Waals surface area contributed by atoms with Gasteiger partial charge in [0.25, 0.3) is 5.69 Å². The van der Waals surface area contributed by atoms with Crippen LogP contribution in [0, 0.1) is 24.0 Å². The Morgan fingerprint density at radius 3 is 2.62 bits per heavy atom. The molecule has 6 nitrogen and oxygen atoms in total. The molecule has 108 valence electrons. The lowest BCUT2D eigenvalue weighted by Crippen LogP contribution is -2.05. The van der Waals surface area contributed by atoms with E-state index in [1.807, 2.05) is 0 Å². The summed E-state index contributed by atoms with van der Waals surface area (Å²) >= 11 is 0.992. The molecule has 0 aliphatic carbocycles. The molecule has 0 unspecified atom stereocenters. The van der Waals surface area contributed by atoms with E-state index in [4.69, 9.17) is 0 Å². The van der Waals surface area contributed by atoms with Crippen LogP contribution in [0.1, 0.15) is 21.6 Å². The number of aromatic carboxylic acids is 1. The number of carboxylic acids is 1. The van der Waals surface area contributed by atoms with E-state index in [-0.39, 0.29) is 16.3 Å². The van der Waals surface area contributed by atoms with Gasteiger partial charge < -0.3 is 5.11 Å². The Morgan fingerprint density at radius 1 is 1.33 bits per heavy atom. The molecule has 7 heteroatoms. The first-order chi connectivity index (χ1) is 9.90. The van der Waals surface area contributed by atoms with Gasteiger partial charge in [-0.15, -0.1) is 0 Å². The van der Waals surface area contributed by atoms with E-state index in [1.165, 1.54) is 6.07 Å². The molecule has 0 aliphatic heterocycles. The summed E-state index contributed by atoms with van der Waals surface area (Å²) in [4.78, 5) is 26.5. The number of benzene rings is 1. The molecule has 0 spiro atoms. The van der Waals surface area contributed by atoms with E-state index >= 15 is 0 Å². The molecule has 1 aromatic heterocycles. The van der Waals surface area contributed by atoms with Gasteiger partial charge in [0, 0.05) is 11.8 Å². The number of nitrogens with zero attached hydrogens (tertiary/aromatic N) is 2. The van der Waals surface area contributed by atoms with Crippen molar-refractivity contribution in [3.8, 4) is 0 Å². The molecule has 1 N–H and O–H groups in total. The highest BCUT2D eigenvalue weighted by atomic mass is 32.2. The lowest BCUT2D eigenvalue weighted by atomic mass is 10.1. The average molecular weight is 304 g/mol. The highest BCUT2D eigenvalue weighted by molar-refractivity contribution is 7.99. The maximum absolute atomic E-state index is 11.4. The van der Waals surface area contributed by atoms with Gasteiger partial charge in [0.05, 0.1) is 15.4 Å². The standard InChI is InChI=1S/C14H12N2O4S/c1-8-7-9(2)15-13(12(8)14(17)18)21-11-6-4-3-5-10(11)16(19)20/h3-7H,1-2H3,(H,17,18). The Hall–Kier alpha value is -2.41. The molecular weight excluding hydrogens is 292 g/mol. The van der Waals surface area contributed by atoms with E-state index in [9.17, 15) is 20.0 Å². The van der Waals surface area contributed by atoms with Crippen molar-refractivity contribution in [3.05, 3.63) is 57.3 Å². The maximum Gasteiger partial charge on any atom is 0.338 e. The molecule has 0 amide bonds. The van der Waals surface area contributed by atoms with Gasteiger partial charge in [-0.25, -0.2) is 9.78 Å². The third kappa shape index (κ3) is 3.19. The van der Waals surface area contributed by atoms with Crippen LogP contribution in [-0.2, 0) is 0 Å². The van der Waals surface area contributed by atoms with Crippen LogP contribution < -0.4 is 0 Å². The van der Waals surface area contributed by atoms with Gasteiger partial charge in [0.2, 0.25) is 0 Å². The number of nitro groups is 1. The first-order valence-corrected chi connectivity index (χ1v) is 6.84. The second-order valence-electron chi connectivity index (χ2n) is 4.39. The Kier molecular flexibility index (Phi) is 4.23. The Bertz CT molecular complexity index is 731. The molecule has 0 saturated heterocycles. The van der Waals surface area contributed by atoms with Gasteiger partial charge in [-0.3, -0.25) is 10.1 Å². The first-order valence-electron chi connectivity index (χ1n) is 6.03. The first kappa shape index (κ1) is 15.0. The number of aromatic nitrogens is 1. The number of carbonyl (C=O) groups is 1. The maximum atomic E-state index is 11.4. The van der Waals surface area contributed by atoms with Crippen molar-refractivity contribution in [2.75, 3.05) is 0 Å². The molecule has 0 aliphatic rings. The highest BCUT2D eigenvalue weighted by Gasteiger charge is 2.20. The van der Waals surface area contributed by atoms with Crippen LogP contribution in [0.25, 0.3) is 0 Å². The topological polar surface area (TPSA) is 93.3 Å². The molecule has 0 saturated carbocycles. The van der Waals surface area contributed by atoms with Gasteiger partial charge in [0.1, 0.15) is 5.03 Å². The number of rotatable bonds is 4. The van der Waals surface area contributed by atoms with Crippen LogP contribution in [0.4, 0.5) is 5.69 Å². The summed E-state index contributed by atoms with van der Waals surface area (Å²) in [6.07, 6.45) is 0. The predicted molar refractivity (Wildman–Crippen MR) is 77.9 cm³/mol. The fraction of sp³-hybridized carbons (Fsp3) is 0.143. The second kappa shape index (κ2) is 5.92. The summed E-state index contributed by atoms with van der Waals surface area (Å²) in [5.41, 5.74) is 1.25. The van der Waals surface area contributed by atoms with Crippen molar-refractivity contribution in [3.63, 3.8) is 0 Å². The normalized spacial score (nSPS) is 10.4. The summed E-state index contributed by atoms with van der Waals surface area (Å²) in [6, 6.07) is 7.86. The van der Waals surface area contributed by atoms with Crippen molar-refractivity contribution < 1.29 is 14.8 Å². The third-order valence-corrected chi connectivity index (χ3v) is 3.85. The van der Waals surface area contributed by atoms with Crippen molar-refractivity contribution in [1.29, 1.82) is 0 Å². The van der Waals surface area contributed by atoms with Crippen LogP contribution in [0.5, 0.6) is 0 Å². The van der Waals surface area contributed by atoms with Crippen LogP contribution in [0.15, 0.2) is 40.3 Å². The quantitative estimate of drug-likeness (QED) is 0.686. The van der Waals surface area contributed by atoms with Crippen LogP contribution in [-0.4, -0.2) is 21.0 Å². The Balaban J connectivity index is 2.54. The van der Waals surface area contributed by atoms with E-state index < -0.39 is 10.9 Å². The number of aryl methyl sites for hydroxylation is 2. The fourth-order valence-electron chi connectivity index (χ4n) is 1.93. The van der Waals surface area contributed by atoms with E-state index in [2.05, 4.69) is 4.98 Å². The number of pyridine rings is 1. The summed E-state index contributed by atoms with van der Waals surface area (Å²) in [6.45, 7) is 3.43. The molecule has 0 radical (unpaired) electrons. The minimum Gasteiger partial charge on any atom is -0.478 e. The zero-order valence-corrected chi connectivity index (χ0v) is 12.2. The van der Waals surface area contributed by atoms with Crippen LogP contribution in [0.3, 0.4) is 0 Å². The highest BCUT2D eigenvalue weighted by Crippen LogP contribution is 2.36. The van der Waals surface area contributed by atoms with Crippen LogP contribution in [0.2, 0.25) is 0 Å². The Morgan fingerprint density at radius 2 is 2.00 bits per heavy atom. The molecule has 0 bridgehead atoms. The van der Waals surface area contributed by atoms with Gasteiger partial charge in [-0.2, -0.15) is 0 Å². The van der Waals surface area contributed by atoms with Gasteiger partial charge in [-0.05, 0) is 31.5 Å². The summed E-state index contributed by atoms with van der Waals surface area (Å²) < 4.78 is 0. The molecule has 0 atom stereocenters.